The van der Waals surface area contributed by atoms with Crippen LogP contribution in [-0.4, -0.2) is 82.5 Å². The largest absolute Gasteiger partial charge is 0.480 e. The first-order chi connectivity index (χ1) is 15.8. The van der Waals surface area contributed by atoms with Crippen molar-refractivity contribution in [1.82, 2.24) is 21.3 Å². The van der Waals surface area contributed by atoms with Crippen LogP contribution in [0.5, 0.6) is 0 Å². The fraction of sp³-hybridized carbons (Fsp3) is 0.700. The van der Waals surface area contributed by atoms with Crippen molar-refractivity contribution in [3.63, 3.8) is 0 Å². The van der Waals surface area contributed by atoms with E-state index in [1.54, 1.807) is 0 Å². The Hall–Kier alpha value is -3.26. The Kier molecular flexibility index (Phi) is 14.1. The van der Waals surface area contributed by atoms with Gasteiger partial charge in [0.25, 0.3) is 0 Å². The van der Waals surface area contributed by atoms with Crippen LogP contribution in [0.4, 0.5) is 0 Å². The molecule has 0 aromatic rings. The van der Waals surface area contributed by atoms with E-state index in [9.17, 15) is 33.9 Å². The highest BCUT2D eigenvalue weighted by Crippen LogP contribution is 2.05. The first-order valence-electron chi connectivity index (χ1n) is 10.9. The number of amides is 4. The van der Waals surface area contributed by atoms with Gasteiger partial charge in [0.15, 0.2) is 0 Å². The Bertz CT molecular complexity index is 745. The van der Waals surface area contributed by atoms with Crippen LogP contribution in [0.3, 0.4) is 0 Å². The van der Waals surface area contributed by atoms with Gasteiger partial charge in [0.05, 0.1) is 6.04 Å². The van der Waals surface area contributed by atoms with E-state index in [0.29, 0.717) is 19.4 Å². The molecule has 10 N–H and O–H groups in total. The number of carbonyl (C=O) groups excluding carboxylic acids is 4. The molecule has 0 spiro atoms. The molecule has 14 nitrogen and oxygen atoms in total. The van der Waals surface area contributed by atoms with E-state index in [2.05, 4.69) is 21.3 Å². The number of unbranched alkanes of at least 4 members (excludes halogenated alkanes) is 1. The van der Waals surface area contributed by atoms with Gasteiger partial charge in [-0.2, -0.15) is 0 Å². The normalized spacial score (nSPS) is 15.1. The number of hydrogen-bond acceptors (Lipinski definition) is 8. The summed E-state index contributed by atoms with van der Waals surface area (Å²) in [6.45, 7) is 4.38. The molecule has 0 aliphatic rings. The van der Waals surface area contributed by atoms with Crippen molar-refractivity contribution < 1.29 is 39.0 Å². The smallest absolute Gasteiger partial charge is 0.326 e. The fourth-order valence-electron chi connectivity index (χ4n) is 2.64. The zero-order chi connectivity index (χ0) is 26.4. The summed E-state index contributed by atoms with van der Waals surface area (Å²) in [6, 6.07) is -5.53. The molecule has 14 heteroatoms. The summed E-state index contributed by atoms with van der Waals surface area (Å²) in [7, 11) is 0. The topological polar surface area (TPSA) is 243 Å². The van der Waals surface area contributed by atoms with Crippen LogP contribution in [-0.2, 0) is 28.8 Å². The third-order valence-corrected chi connectivity index (χ3v) is 4.77. The zero-order valence-corrected chi connectivity index (χ0v) is 19.6. The Morgan fingerprint density at radius 3 is 1.79 bits per heavy atom. The molecule has 4 amide bonds. The standard InChI is InChI=1S/C20H36N6O8/c1-10(22)16(28)26-14(20(33)34)7-8-15(27)25-13(6-4-5-9-21)18(30)23-11(2)17(29)24-12(3)19(31)32/h10-14H,4-9,21-22H2,1-3H3,(H,23,30)(H,24,29)(H,25,27)(H,26,28)(H,31,32)(H,33,34)/t10-,11+,12+,13+,14+/m0/s1. The molecule has 0 aliphatic heterocycles. The fourth-order valence-corrected chi connectivity index (χ4v) is 2.64. The van der Waals surface area contributed by atoms with Gasteiger partial charge >= 0.3 is 11.9 Å². The summed E-state index contributed by atoms with van der Waals surface area (Å²) in [5.74, 6) is -5.28. The molecule has 0 heterocycles. The molecule has 0 aromatic carbocycles. The minimum Gasteiger partial charge on any atom is -0.480 e. The summed E-state index contributed by atoms with van der Waals surface area (Å²) < 4.78 is 0. The van der Waals surface area contributed by atoms with E-state index in [-0.39, 0.29) is 19.3 Å². The van der Waals surface area contributed by atoms with Crippen molar-refractivity contribution in [2.75, 3.05) is 6.54 Å². The molecule has 0 saturated heterocycles. The van der Waals surface area contributed by atoms with E-state index < -0.39 is 65.8 Å². The molecule has 5 atom stereocenters. The van der Waals surface area contributed by atoms with Crippen LogP contribution in [0.1, 0.15) is 52.9 Å². The van der Waals surface area contributed by atoms with Crippen LogP contribution in [0.2, 0.25) is 0 Å². The number of carboxylic acid groups (broad SMARTS) is 2. The highest BCUT2D eigenvalue weighted by atomic mass is 16.4. The van der Waals surface area contributed by atoms with E-state index in [1.807, 2.05) is 0 Å². The van der Waals surface area contributed by atoms with Crippen molar-refractivity contribution in [1.29, 1.82) is 0 Å². The summed E-state index contributed by atoms with van der Waals surface area (Å²) in [6.07, 6.45) is 0.744. The number of nitrogens with one attached hydrogen (secondary N) is 4. The van der Waals surface area contributed by atoms with Crippen molar-refractivity contribution in [2.24, 2.45) is 11.5 Å². The Morgan fingerprint density at radius 2 is 1.29 bits per heavy atom. The van der Waals surface area contributed by atoms with Gasteiger partial charge in [0.2, 0.25) is 23.6 Å². The summed E-state index contributed by atoms with van der Waals surface area (Å²) in [5.41, 5.74) is 10.9. The molecule has 34 heavy (non-hydrogen) atoms. The summed E-state index contributed by atoms with van der Waals surface area (Å²) in [4.78, 5) is 71.0. The van der Waals surface area contributed by atoms with Crippen LogP contribution in [0, 0.1) is 0 Å². The zero-order valence-electron chi connectivity index (χ0n) is 19.6. The minimum atomic E-state index is -1.34. The maximum absolute atomic E-state index is 12.7. The number of carboxylic acids is 2. The lowest BCUT2D eigenvalue weighted by Gasteiger charge is -2.22. The second-order valence-electron chi connectivity index (χ2n) is 7.93. The highest BCUT2D eigenvalue weighted by molar-refractivity contribution is 5.93. The third kappa shape index (κ3) is 12.1. The van der Waals surface area contributed by atoms with Gasteiger partial charge in [0.1, 0.15) is 24.2 Å². The molecular weight excluding hydrogens is 452 g/mol. The molecule has 0 radical (unpaired) electrons. The molecule has 194 valence electrons. The van der Waals surface area contributed by atoms with Gasteiger partial charge in [-0.25, -0.2) is 4.79 Å². The molecule has 0 bridgehead atoms. The number of carbonyl (C=O) groups is 6. The molecule has 0 unspecified atom stereocenters. The lowest BCUT2D eigenvalue weighted by Crippen LogP contribution is -2.54. The number of aliphatic carboxylic acids is 2. The molecule has 0 aromatic heterocycles. The van der Waals surface area contributed by atoms with E-state index >= 15 is 0 Å². The van der Waals surface area contributed by atoms with Crippen LogP contribution < -0.4 is 32.7 Å². The second-order valence-corrected chi connectivity index (χ2v) is 7.93. The monoisotopic (exact) mass is 488 g/mol. The predicted octanol–water partition coefficient (Wildman–Crippen LogP) is -2.61. The highest BCUT2D eigenvalue weighted by Gasteiger charge is 2.27. The first kappa shape index (κ1) is 30.7. The average molecular weight is 489 g/mol. The van der Waals surface area contributed by atoms with Gasteiger partial charge in [0, 0.05) is 6.42 Å². The quantitative estimate of drug-likeness (QED) is 0.105. The van der Waals surface area contributed by atoms with Crippen molar-refractivity contribution in [3.05, 3.63) is 0 Å². The minimum absolute atomic E-state index is 0.207. The van der Waals surface area contributed by atoms with Crippen LogP contribution in [0.25, 0.3) is 0 Å². The van der Waals surface area contributed by atoms with Gasteiger partial charge in [-0.15, -0.1) is 0 Å². The van der Waals surface area contributed by atoms with Crippen molar-refractivity contribution >= 4 is 35.6 Å². The summed E-state index contributed by atoms with van der Waals surface area (Å²) >= 11 is 0. The van der Waals surface area contributed by atoms with E-state index in [0.717, 1.165) is 0 Å². The number of nitrogens with two attached hydrogens (primary N) is 2. The van der Waals surface area contributed by atoms with Gasteiger partial charge in [-0.3, -0.25) is 24.0 Å². The molecular formula is C20H36N6O8. The third-order valence-electron chi connectivity index (χ3n) is 4.77. The maximum atomic E-state index is 12.7. The first-order valence-corrected chi connectivity index (χ1v) is 10.9. The Balaban J connectivity index is 5.05. The second kappa shape index (κ2) is 15.6. The predicted molar refractivity (Wildman–Crippen MR) is 120 cm³/mol. The lowest BCUT2D eigenvalue weighted by atomic mass is 10.1. The number of hydrogen-bond donors (Lipinski definition) is 8. The van der Waals surface area contributed by atoms with Gasteiger partial charge in [-0.1, -0.05) is 0 Å². The Labute approximate surface area is 197 Å². The Morgan fingerprint density at radius 1 is 0.706 bits per heavy atom. The van der Waals surface area contributed by atoms with Crippen molar-refractivity contribution in [3.8, 4) is 0 Å². The molecule has 0 saturated carbocycles. The molecule has 0 fully saturated rings. The van der Waals surface area contributed by atoms with Crippen LogP contribution >= 0.6 is 0 Å². The molecule has 0 rings (SSSR count). The van der Waals surface area contributed by atoms with Gasteiger partial charge < -0.3 is 42.9 Å². The van der Waals surface area contributed by atoms with Gasteiger partial charge in [-0.05, 0) is 53.0 Å². The lowest BCUT2D eigenvalue weighted by molar-refractivity contribution is -0.142. The van der Waals surface area contributed by atoms with Crippen molar-refractivity contribution in [2.45, 2.75) is 83.1 Å². The summed E-state index contributed by atoms with van der Waals surface area (Å²) in [5, 5.41) is 27.5. The van der Waals surface area contributed by atoms with E-state index in [1.165, 1.54) is 20.8 Å². The SMILES string of the molecule is C[C@H](N)C(=O)N[C@H](CCC(=O)N[C@H](CCCCN)C(=O)N[C@H](C)C(=O)N[C@H](C)C(=O)O)C(=O)O. The molecule has 0 aliphatic carbocycles. The van der Waals surface area contributed by atoms with E-state index in [4.69, 9.17) is 16.6 Å². The maximum Gasteiger partial charge on any atom is 0.326 e. The van der Waals surface area contributed by atoms with Crippen LogP contribution in [0.15, 0.2) is 0 Å². The number of rotatable bonds is 16. The average Bonchev–Trinajstić information content (AvgIpc) is 2.74.